The average Bonchev–Trinajstić information content (AvgIpc) is 2.71. The average molecular weight is 422 g/mol. The van der Waals surface area contributed by atoms with Gasteiger partial charge in [-0.25, -0.2) is 0 Å². The summed E-state index contributed by atoms with van der Waals surface area (Å²) in [6.45, 7) is 14.2. The summed E-state index contributed by atoms with van der Waals surface area (Å²) in [4.78, 5) is 18.4. The monoisotopic (exact) mass is 421 g/mol. The first-order chi connectivity index (χ1) is 14.3. The van der Waals surface area contributed by atoms with Crippen molar-refractivity contribution in [3.8, 4) is 0 Å². The van der Waals surface area contributed by atoms with Crippen LogP contribution < -0.4 is 0 Å². The lowest BCUT2D eigenvalue weighted by Crippen LogP contribution is -2.34. The van der Waals surface area contributed by atoms with E-state index in [0.717, 1.165) is 29.7 Å². The van der Waals surface area contributed by atoms with Gasteiger partial charge in [0.1, 0.15) is 12.7 Å². The number of aliphatic hydroxyl groups is 1. The number of ether oxygens (including phenoxy) is 2. The maximum atomic E-state index is 13.0. The van der Waals surface area contributed by atoms with E-state index < -0.39 is 11.8 Å². The van der Waals surface area contributed by atoms with Gasteiger partial charge in [0.2, 0.25) is 0 Å². The summed E-state index contributed by atoms with van der Waals surface area (Å²) in [7, 11) is 1.61. The molecule has 0 aliphatic carbocycles. The van der Waals surface area contributed by atoms with Crippen LogP contribution in [-0.4, -0.2) is 43.2 Å². The van der Waals surface area contributed by atoms with E-state index in [2.05, 4.69) is 18.7 Å². The molecule has 1 heterocycles. The second kappa shape index (κ2) is 13.3. The van der Waals surface area contributed by atoms with Crippen molar-refractivity contribution in [3.63, 3.8) is 0 Å². The van der Waals surface area contributed by atoms with Crippen LogP contribution in [0.3, 0.4) is 0 Å². The summed E-state index contributed by atoms with van der Waals surface area (Å²) < 4.78 is 11.4. The van der Waals surface area contributed by atoms with Gasteiger partial charge in [-0.3, -0.25) is 4.79 Å². The van der Waals surface area contributed by atoms with Crippen LogP contribution in [0.2, 0.25) is 0 Å². The summed E-state index contributed by atoms with van der Waals surface area (Å²) in [6, 6.07) is 0. The van der Waals surface area contributed by atoms with Gasteiger partial charge >= 0.3 is 5.97 Å². The van der Waals surface area contributed by atoms with Crippen LogP contribution in [0.15, 0.2) is 40.8 Å². The molecular formula is C24H39NO5. The summed E-state index contributed by atoms with van der Waals surface area (Å²) >= 11 is 0. The van der Waals surface area contributed by atoms with Gasteiger partial charge in [0, 0.05) is 12.3 Å². The number of allylic oxidation sites excluding steroid dienone is 4. The predicted octanol–water partition coefficient (Wildman–Crippen LogP) is 4.80. The van der Waals surface area contributed by atoms with Gasteiger partial charge in [-0.05, 0) is 50.7 Å². The molecule has 0 bridgehead atoms. The third kappa shape index (κ3) is 7.98. The highest BCUT2D eigenvalue weighted by Gasteiger charge is 2.31. The van der Waals surface area contributed by atoms with Crippen molar-refractivity contribution >= 4 is 11.7 Å². The molecule has 0 amide bonds. The number of hydrogen-bond donors (Lipinski definition) is 1. The smallest absolute Gasteiger partial charge is 0.315 e. The number of hydrogen-bond acceptors (Lipinski definition) is 6. The molecule has 1 rings (SSSR count). The number of carbonyl (C=O) groups is 1. The third-order valence-electron chi connectivity index (χ3n) is 5.23. The van der Waals surface area contributed by atoms with Gasteiger partial charge in [-0.2, -0.15) is 0 Å². The molecule has 4 unspecified atom stereocenters. The van der Waals surface area contributed by atoms with Crippen LogP contribution in [0.5, 0.6) is 0 Å². The maximum Gasteiger partial charge on any atom is 0.315 e. The Balaban J connectivity index is 3.41. The van der Waals surface area contributed by atoms with Crippen molar-refractivity contribution in [2.45, 2.75) is 66.4 Å². The van der Waals surface area contributed by atoms with Crippen molar-refractivity contribution in [2.75, 3.05) is 20.3 Å². The zero-order valence-corrected chi connectivity index (χ0v) is 19.4. The highest BCUT2D eigenvalue weighted by Crippen LogP contribution is 2.25. The molecule has 1 aliphatic rings. The third-order valence-corrected chi connectivity index (χ3v) is 5.23. The number of carbonyl (C=O) groups excluding carboxylic acids is 1. The van der Waals surface area contributed by atoms with Crippen LogP contribution in [0, 0.1) is 17.8 Å². The van der Waals surface area contributed by atoms with Crippen molar-refractivity contribution in [3.05, 3.63) is 35.6 Å². The van der Waals surface area contributed by atoms with Crippen LogP contribution >= 0.6 is 0 Å². The van der Waals surface area contributed by atoms with Gasteiger partial charge in [0.05, 0.1) is 31.1 Å². The van der Waals surface area contributed by atoms with Gasteiger partial charge in [0.15, 0.2) is 0 Å². The van der Waals surface area contributed by atoms with Gasteiger partial charge < -0.3 is 19.4 Å². The van der Waals surface area contributed by atoms with E-state index in [1.807, 2.05) is 32.9 Å². The second-order valence-corrected chi connectivity index (χ2v) is 8.05. The SMILES string of the molecule is C=C1/C=C(\C)C(CC)OC(=O)C(C)/C(=N/OCCC)C(CO)C/C(OC)=C/C(C)C1. The molecule has 6 heteroatoms. The Morgan fingerprint density at radius 1 is 1.30 bits per heavy atom. The van der Waals surface area contributed by atoms with Gasteiger partial charge in [0.25, 0.3) is 0 Å². The minimum Gasteiger partial charge on any atom is -0.501 e. The Hall–Kier alpha value is -2.08. The fourth-order valence-electron chi connectivity index (χ4n) is 3.57. The zero-order chi connectivity index (χ0) is 22.7. The lowest BCUT2D eigenvalue weighted by molar-refractivity contribution is -0.149. The summed E-state index contributed by atoms with van der Waals surface area (Å²) in [5.41, 5.74) is 2.41. The normalized spacial score (nSPS) is 31.8. The molecule has 30 heavy (non-hydrogen) atoms. The molecule has 170 valence electrons. The standard InChI is InChI=1S/C24H39NO5/c1-8-10-29-25-23-19(6)24(27)30-22(9-2)18(5)12-16(3)11-17(4)13-21(28-7)14-20(23)15-26/h12-13,17,19-20,22,26H,3,8-11,14-15H2,1-2,4-7H3/b18-12+,21-13-,25-23-. The molecule has 0 aromatic carbocycles. The van der Waals surface area contributed by atoms with E-state index in [-0.39, 0.29) is 24.6 Å². The van der Waals surface area contributed by atoms with E-state index in [4.69, 9.17) is 14.3 Å². The highest BCUT2D eigenvalue weighted by molar-refractivity contribution is 6.03. The van der Waals surface area contributed by atoms with Gasteiger partial charge in [-0.1, -0.05) is 44.2 Å². The number of cyclic esters (lactones) is 1. The first-order valence-corrected chi connectivity index (χ1v) is 10.9. The molecule has 4 atom stereocenters. The molecule has 0 spiro atoms. The summed E-state index contributed by atoms with van der Waals surface area (Å²) in [6.07, 6.45) is 6.37. The summed E-state index contributed by atoms with van der Waals surface area (Å²) in [5.74, 6) is -0.503. The largest absolute Gasteiger partial charge is 0.501 e. The zero-order valence-electron chi connectivity index (χ0n) is 19.4. The fraction of sp³-hybridized carbons (Fsp3) is 0.667. The number of aliphatic hydroxyl groups excluding tert-OH is 1. The molecule has 6 nitrogen and oxygen atoms in total. The van der Waals surface area contributed by atoms with Crippen LogP contribution in [0.1, 0.15) is 60.3 Å². The lowest BCUT2D eigenvalue weighted by atomic mass is 9.89. The maximum absolute atomic E-state index is 13.0. The topological polar surface area (TPSA) is 77.4 Å². The molecule has 0 aromatic rings. The van der Waals surface area contributed by atoms with Crippen LogP contribution in [0.4, 0.5) is 0 Å². The van der Waals surface area contributed by atoms with Gasteiger partial charge in [-0.15, -0.1) is 0 Å². The fourth-order valence-corrected chi connectivity index (χ4v) is 3.57. The summed E-state index contributed by atoms with van der Waals surface area (Å²) in [5, 5.41) is 14.3. The first kappa shape index (κ1) is 26.0. The second-order valence-electron chi connectivity index (χ2n) is 8.05. The Morgan fingerprint density at radius 3 is 2.57 bits per heavy atom. The molecule has 0 saturated carbocycles. The lowest BCUT2D eigenvalue weighted by Gasteiger charge is -2.25. The molecule has 0 saturated heterocycles. The predicted molar refractivity (Wildman–Crippen MR) is 120 cm³/mol. The molecule has 1 aliphatic heterocycles. The molecule has 0 fully saturated rings. The van der Waals surface area contributed by atoms with E-state index >= 15 is 0 Å². The molecular weight excluding hydrogens is 382 g/mol. The Labute approximate surface area is 181 Å². The number of nitrogens with zero attached hydrogens (tertiary/aromatic N) is 1. The van der Waals surface area contributed by atoms with Crippen LogP contribution in [0.25, 0.3) is 0 Å². The molecule has 1 N–H and O–H groups in total. The minimum absolute atomic E-state index is 0.177. The van der Waals surface area contributed by atoms with Crippen molar-refractivity contribution in [1.82, 2.24) is 0 Å². The van der Waals surface area contributed by atoms with E-state index in [0.29, 0.717) is 25.2 Å². The van der Waals surface area contributed by atoms with Crippen molar-refractivity contribution in [2.24, 2.45) is 22.9 Å². The Bertz CT molecular complexity index is 665. The van der Waals surface area contributed by atoms with E-state index in [1.54, 1.807) is 14.0 Å². The Morgan fingerprint density at radius 2 is 2.00 bits per heavy atom. The molecule has 0 radical (unpaired) electrons. The number of methoxy groups -OCH3 is 1. The number of esters is 1. The minimum atomic E-state index is -0.650. The molecule has 0 aromatic heterocycles. The Kier molecular flexibility index (Phi) is 11.5. The highest BCUT2D eigenvalue weighted by atomic mass is 16.6. The number of rotatable bonds is 6. The van der Waals surface area contributed by atoms with Crippen molar-refractivity contribution in [1.29, 1.82) is 0 Å². The van der Waals surface area contributed by atoms with E-state index in [1.165, 1.54) is 0 Å². The quantitative estimate of drug-likeness (QED) is 0.379. The number of oxime groups is 1. The van der Waals surface area contributed by atoms with E-state index in [9.17, 15) is 9.90 Å². The van der Waals surface area contributed by atoms with Crippen LogP contribution in [-0.2, 0) is 19.1 Å². The first-order valence-electron chi connectivity index (χ1n) is 10.9. The van der Waals surface area contributed by atoms with Crippen molar-refractivity contribution < 1.29 is 24.2 Å².